The summed E-state index contributed by atoms with van der Waals surface area (Å²) in [4.78, 5) is 23.0. The van der Waals surface area contributed by atoms with E-state index in [0.717, 1.165) is 25.7 Å². The summed E-state index contributed by atoms with van der Waals surface area (Å²) < 4.78 is 33.4. The number of hydrogen-bond acceptors (Lipinski definition) is 5. The topological polar surface area (TPSA) is 122 Å². The van der Waals surface area contributed by atoms with Crippen LogP contribution < -0.4 is 14.8 Å². The van der Waals surface area contributed by atoms with Gasteiger partial charge in [-0.15, -0.1) is 0 Å². The molecule has 1 aliphatic rings. The fourth-order valence-corrected chi connectivity index (χ4v) is 4.57. The highest BCUT2D eigenvalue weighted by molar-refractivity contribution is 7.89. The van der Waals surface area contributed by atoms with Crippen LogP contribution in [0, 0.1) is 0 Å². The smallest absolute Gasteiger partial charge is 0.303 e. The zero-order valence-electron chi connectivity index (χ0n) is 15.5. The Labute approximate surface area is 159 Å². The zero-order chi connectivity index (χ0) is 20.0. The third-order valence-corrected chi connectivity index (χ3v) is 6.10. The van der Waals surface area contributed by atoms with E-state index in [2.05, 4.69) is 10.0 Å². The lowest BCUT2D eigenvalue weighted by Crippen LogP contribution is -2.34. The van der Waals surface area contributed by atoms with Crippen molar-refractivity contribution in [2.45, 2.75) is 62.4 Å². The Hall–Kier alpha value is -2.13. The molecule has 1 amide bonds. The highest BCUT2D eigenvalue weighted by Crippen LogP contribution is 2.27. The maximum atomic E-state index is 12.8. The number of carboxylic acid groups (broad SMARTS) is 1. The third-order valence-electron chi connectivity index (χ3n) is 4.56. The van der Waals surface area contributed by atoms with Gasteiger partial charge in [0.25, 0.3) is 5.91 Å². The van der Waals surface area contributed by atoms with Gasteiger partial charge in [0.1, 0.15) is 10.6 Å². The van der Waals surface area contributed by atoms with Crippen molar-refractivity contribution in [3.05, 3.63) is 23.8 Å². The van der Waals surface area contributed by atoms with Gasteiger partial charge in [0.2, 0.25) is 10.0 Å². The summed E-state index contributed by atoms with van der Waals surface area (Å²) in [6.45, 7) is 1.70. The monoisotopic (exact) mass is 398 g/mol. The van der Waals surface area contributed by atoms with E-state index in [4.69, 9.17) is 9.84 Å². The average molecular weight is 398 g/mol. The van der Waals surface area contributed by atoms with E-state index in [9.17, 15) is 18.0 Å². The van der Waals surface area contributed by atoms with Crippen LogP contribution in [-0.2, 0) is 14.8 Å². The third kappa shape index (κ3) is 5.93. The number of ether oxygens (including phenoxy) is 1. The highest BCUT2D eigenvalue weighted by atomic mass is 32.2. The average Bonchev–Trinajstić information content (AvgIpc) is 3.11. The molecule has 3 N–H and O–H groups in total. The van der Waals surface area contributed by atoms with Crippen molar-refractivity contribution in [2.75, 3.05) is 7.11 Å². The van der Waals surface area contributed by atoms with Gasteiger partial charge in [0.15, 0.2) is 0 Å². The second-order valence-corrected chi connectivity index (χ2v) is 8.46. The van der Waals surface area contributed by atoms with E-state index in [0.29, 0.717) is 0 Å². The summed E-state index contributed by atoms with van der Waals surface area (Å²) in [5.41, 5.74) is 0.171. The van der Waals surface area contributed by atoms with Crippen LogP contribution in [0.4, 0.5) is 0 Å². The summed E-state index contributed by atoms with van der Waals surface area (Å²) in [6, 6.07) is 3.75. The van der Waals surface area contributed by atoms with E-state index < -0.39 is 21.9 Å². The second-order valence-electron chi connectivity index (χ2n) is 6.78. The van der Waals surface area contributed by atoms with Gasteiger partial charge < -0.3 is 15.2 Å². The van der Waals surface area contributed by atoms with E-state index >= 15 is 0 Å². The highest BCUT2D eigenvalue weighted by Gasteiger charge is 2.26. The summed E-state index contributed by atoms with van der Waals surface area (Å²) in [6.07, 6.45) is 3.79. The van der Waals surface area contributed by atoms with E-state index in [1.165, 1.54) is 25.3 Å². The fraction of sp³-hybridized carbons (Fsp3) is 0.556. The number of amides is 1. The Morgan fingerprint density at radius 1 is 1.30 bits per heavy atom. The van der Waals surface area contributed by atoms with Gasteiger partial charge >= 0.3 is 5.97 Å². The van der Waals surface area contributed by atoms with Gasteiger partial charge in [-0.05, 0) is 44.4 Å². The van der Waals surface area contributed by atoms with Crippen LogP contribution in [0.2, 0.25) is 0 Å². The van der Waals surface area contributed by atoms with Crippen LogP contribution in [0.1, 0.15) is 55.8 Å². The molecule has 0 heterocycles. The first-order valence-electron chi connectivity index (χ1n) is 8.96. The number of benzene rings is 1. The molecule has 27 heavy (non-hydrogen) atoms. The van der Waals surface area contributed by atoms with Crippen LogP contribution in [0.3, 0.4) is 0 Å². The van der Waals surface area contributed by atoms with Crippen LogP contribution in [0.15, 0.2) is 23.1 Å². The molecule has 1 atom stereocenters. The Bertz CT molecular complexity index is 787. The minimum atomic E-state index is -3.83. The summed E-state index contributed by atoms with van der Waals surface area (Å²) in [5.74, 6) is -1.24. The Balaban J connectivity index is 2.18. The van der Waals surface area contributed by atoms with Crippen molar-refractivity contribution in [3.63, 3.8) is 0 Å². The van der Waals surface area contributed by atoms with Crippen molar-refractivity contribution < 1.29 is 27.9 Å². The first-order chi connectivity index (χ1) is 12.7. The Kier molecular flexibility index (Phi) is 7.20. The Morgan fingerprint density at radius 2 is 1.96 bits per heavy atom. The lowest BCUT2D eigenvalue weighted by Gasteiger charge is -2.17. The quantitative estimate of drug-likeness (QED) is 0.584. The minimum absolute atomic E-state index is 0.0605. The van der Waals surface area contributed by atoms with Gasteiger partial charge in [0, 0.05) is 24.1 Å². The maximum Gasteiger partial charge on any atom is 0.303 e. The van der Waals surface area contributed by atoms with Gasteiger partial charge in [-0.2, -0.15) is 0 Å². The molecule has 8 nitrogen and oxygen atoms in total. The number of carboxylic acids is 1. The largest absolute Gasteiger partial charge is 0.495 e. The van der Waals surface area contributed by atoms with Crippen molar-refractivity contribution in [1.29, 1.82) is 0 Å². The molecule has 1 unspecified atom stereocenters. The standard InChI is InChI=1S/C18H26N2O6S/c1-12(7-10-17(21)22)19-18(23)13-8-9-15(26-2)16(11-13)27(24,25)20-14-5-3-4-6-14/h8-9,11-12,14,20H,3-7,10H2,1-2H3,(H,19,23)(H,21,22). The fourth-order valence-electron chi connectivity index (χ4n) is 3.07. The molecular weight excluding hydrogens is 372 g/mol. The molecule has 2 rings (SSSR count). The first-order valence-corrected chi connectivity index (χ1v) is 10.4. The van der Waals surface area contributed by atoms with Gasteiger partial charge in [-0.1, -0.05) is 12.8 Å². The van der Waals surface area contributed by atoms with Crippen LogP contribution >= 0.6 is 0 Å². The molecule has 1 aromatic carbocycles. The molecule has 0 spiro atoms. The molecular formula is C18H26N2O6S. The molecule has 0 radical (unpaired) electrons. The second kappa shape index (κ2) is 9.18. The molecule has 1 aliphatic carbocycles. The molecule has 0 bridgehead atoms. The van der Waals surface area contributed by atoms with Crippen LogP contribution in [-0.4, -0.2) is 44.6 Å². The Morgan fingerprint density at radius 3 is 2.56 bits per heavy atom. The number of nitrogens with one attached hydrogen (secondary N) is 2. The number of carbonyl (C=O) groups excluding carboxylic acids is 1. The lowest BCUT2D eigenvalue weighted by atomic mass is 10.1. The predicted molar refractivity (Wildman–Crippen MR) is 99.4 cm³/mol. The number of methoxy groups -OCH3 is 1. The summed E-state index contributed by atoms with van der Waals surface area (Å²) in [7, 11) is -2.45. The lowest BCUT2D eigenvalue weighted by molar-refractivity contribution is -0.137. The predicted octanol–water partition coefficient (Wildman–Crippen LogP) is 1.90. The number of hydrogen-bond donors (Lipinski definition) is 3. The van der Waals surface area contributed by atoms with Crippen molar-refractivity contribution in [3.8, 4) is 5.75 Å². The number of rotatable bonds is 9. The van der Waals surface area contributed by atoms with E-state index in [1.54, 1.807) is 6.92 Å². The summed E-state index contributed by atoms with van der Waals surface area (Å²) in [5, 5.41) is 11.4. The zero-order valence-corrected chi connectivity index (χ0v) is 16.3. The van der Waals surface area contributed by atoms with E-state index in [-0.39, 0.29) is 41.1 Å². The molecule has 0 aromatic heterocycles. The maximum absolute atomic E-state index is 12.8. The van der Waals surface area contributed by atoms with Crippen molar-refractivity contribution in [1.82, 2.24) is 10.0 Å². The molecule has 1 saturated carbocycles. The minimum Gasteiger partial charge on any atom is -0.495 e. The van der Waals surface area contributed by atoms with Crippen molar-refractivity contribution >= 4 is 21.9 Å². The SMILES string of the molecule is COc1ccc(C(=O)NC(C)CCC(=O)O)cc1S(=O)(=O)NC1CCCC1. The van der Waals surface area contributed by atoms with Gasteiger partial charge in [0.05, 0.1) is 7.11 Å². The summed E-state index contributed by atoms with van der Waals surface area (Å²) >= 11 is 0. The molecule has 150 valence electrons. The molecule has 0 saturated heterocycles. The molecule has 1 aromatic rings. The molecule has 9 heteroatoms. The number of aliphatic carboxylic acids is 1. The van der Waals surface area contributed by atoms with Crippen molar-refractivity contribution in [2.24, 2.45) is 0 Å². The van der Waals surface area contributed by atoms with Gasteiger partial charge in [-0.25, -0.2) is 13.1 Å². The van der Waals surface area contributed by atoms with Gasteiger partial charge in [-0.3, -0.25) is 9.59 Å². The number of carbonyl (C=O) groups is 2. The van der Waals surface area contributed by atoms with Crippen LogP contribution in [0.25, 0.3) is 0 Å². The normalized spacial score (nSPS) is 16.1. The molecule has 0 aliphatic heterocycles. The van der Waals surface area contributed by atoms with E-state index in [1.807, 2.05) is 0 Å². The molecule has 1 fully saturated rings. The van der Waals surface area contributed by atoms with Crippen LogP contribution in [0.5, 0.6) is 5.75 Å². The number of sulfonamides is 1. The first kappa shape index (κ1) is 21.2.